The Balaban J connectivity index is 1.97. The van der Waals surface area contributed by atoms with Gasteiger partial charge in [0.25, 0.3) is 0 Å². The maximum absolute atomic E-state index is 13.0. The molecule has 2 atom stereocenters. The normalized spacial score (nSPS) is 26.1. The van der Waals surface area contributed by atoms with Crippen LogP contribution >= 0.6 is 0 Å². The number of halogens is 3. The van der Waals surface area contributed by atoms with E-state index in [0.717, 1.165) is 12.5 Å². The maximum atomic E-state index is 13.0. The van der Waals surface area contributed by atoms with Crippen LogP contribution < -0.4 is 9.80 Å². The third-order valence-corrected chi connectivity index (χ3v) is 4.06. The number of nitrogens with zero attached hydrogens (tertiary/aromatic N) is 4. The minimum atomic E-state index is -4.50. The Morgan fingerprint density at radius 2 is 2.00 bits per heavy atom. The van der Waals surface area contributed by atoms with Crippen molar-refractivity contribution in [3.8, 4) is 0 Å². The molecule has 0 saturated carbocycles. The Morgan fingerprint density at radius 3 is 2.48 bits per heavy atom. The van der Waals surface area contributed by atoms with Gasteiger partial charge in [-0.15, -0.1) is 0 Å². The van der Waals surface area contributed by atoms with Gasteiger partial charge in [-0.25, -0.2) is 4.98 Å². The van der Waals surface area contributed by atoms with Crippen molar-refractivity contribution in [3.63, 3.8) is 0 Å². The largest absolute Gasteiger partial charge is 0.433 e. The average molecular weight is 302 g/mol. The van der Waals surface area contributed by atoms with Crippen LogP contribution in [0.5, 0.6) is 0 Å². The van der Waals surface area contributed by atoms with Crippen molar-refractivity contribution in [3.05, 3.63) is 11.8 Å². The van der Waals surface area contributed by atoms with Gasteiger partial charge < -0.3 is 14.9 Å². The van der Waals surface area contributed by atoms with Gasteiger partial charge in [-0.3, -0.25) is 0 Å². The van der Waals surface area contributed by atoms with Crippen LogP contribution in [0.1, 0.15) is 25.5 Å². The first-order valence-electron chi connectivity index (χ1n) is 7.00. The summed E-state index contributed by atoms with van der Waals surface area (Å²) in [6.45, 7) is 3.42. The molecule has 5 nitrogen and oxygen atoms in total. The molecule has 1 unspecified atom stereocenters. The van der Waals surface area contributed by atoms with Crippen LogP contribution in [0.4, 0.5) is 24.9 Å². The molecule has 1 N–H and O–H groups in total. The Kier molecular flexibility index (Phi) is 3.43. The summed E-state index contributed by atoms with van der Waals surface area (Å²) in [5, 5.41) is 9.55. The number of aliphatic hydroxyl groups is 1. The predicted octanol–water partition coefficient (Wildman–Crippen LogP) is 1.67. The Hall–Kier alpha value is -1.57. The fraction of sp³-hybridized carbons (Fsp3) is 0.692. The summed E-state index contributed by atoms with van der Waals surface area (Å²) in [6, 6.07) is 1.12. The second kappa shape index (κ2) is 5.01. The van der Waals surface area contributed by atoms with Crippen LogP contribution in [-0.2, 0) is 6.18 Å². The number of alkyl halides is 3. The van der Waals surface area contributed by atoms with Gasteiger partial charge in [0.2, 0.25) is 5.95 Å². The van der Waals surface area contributed by atoms with Crippen molar-refractivity contribution in [2.45, 2.75) is 38.1 Å². The zero-order valence-electron chi connectivity index (χ0n) is 11.6. The molecule has 1 aromatic rings. The number of aromatic nitrogens is 2. The zero-order chi connectivity index (χ0) is 15.2. The molecule has 3 heterocycles. The van der Waals surface area contributed by atoms with Gasteiger partial charge >= 0.3 is 6.18 Å². The fourth-order valence-corrected chi connectivity index (χ4v) is 2.62. The SMILES string of the molecule is CC1CCN1c1nc(N2CC[C@H](O)C2)cc(C(F)(F)F)n1. The molecular formula is C13H17F3N4O. The van der Waals surface area contributed by atoms with Gasteiger partial charge in [0.1, 0.15) is 5.82 Å². The van der Waals surface area contributed by atoms with E-state index in [1.54, 1.807) is 9.80 Å². The lowest BCUT2D eigenvalue weighted by molar-refractivity contribution is -0.141. The van der Waals surface area contributed by atoms with Crippen LogP contribution in [0, 0.1) is 0 Å². The molecule has 3 rings (SSSR count). The van der Waals surface area contributed by atoms with E-state index in [1.165, 1.54) is 0 Å². The van der Waals surface area contributed by atoms with E-state index in [1.807, 2.05) is 6.92 Å². The number of rotatable bonds is 2. The van der Waals surface area contributed by atoms with Crippen molar-refractivity contribution in [2.75, 3.05) is 29.4 Å². The summed E-state index contributed by atoms with van der Waals surface area (Å²) < 4.78 is 39.1. The van der Waals surface area contributed by atoms with Crippen LogP contribution in [-0.4, -0.2) is 46.9 Å². The fourth-order valence-electron chi connectivity index (χ4n) is 2.62. The molecular weight excluding hydrogens is 285 g/mol. The molecule has 21 heavy (non-hydrogen) atoms. The van der Waals surface area contributed by atoms with E-state index in [-0.39, 0.29) is 17.8 Å². The number of hydrogen-bond acceptors (Lipinski definition) is 5. The number of aliphatic hydroxyl groups excluding tert-OH is 1. The first-order chi connectivity index (χ1) is 9.84. The van der Waals surface area contributed by atoms with E-state index >= 15 is 0 Å². The molecule has 2 saturated heterocycles. The summed E-state index contributed by atoms with van der Waals surface area (Å²) in [5.74, 6) is 0.364. The second-order valence-corrected chi connectivity index (χ2v) is 5.63. The minimum Gasteiger partial charge on any atom is -0.391 e. The maximum Gasteiger partial charge on any atom is 0.433 e. The van der Waals surface area contributed by atoms with Crippen LogP contribution in [0.3, 0.4) is 0 Å². The van der Waals surface area contributed by atoms with Gasteiger partial charge in [-0.1, -0.05) is 0 Å². The topological polar surface area (TPSA) is 52.5 Å². The van der Waals surface area contributed by atoms with Crippen molar-refractivity contribution in [2.24, 2.45) is 0 Å². The molecule has 2 fully saturated rings. The highest BCUT2D eigenvalue weighted by molar-refractivity contribution is 5.49. The first kappa shape index (κ1) is 14.4. The van der Waals surface area contributed by atoms with E-state index in [0.29, 0.717) is 26.1 Å². The van der Waals surface area contributed by atoms with Crippen LogP contribution in [0.2, 0.25) is 0 Å². The number of β-amino-alcohol motifs (C(OH)–C–C–N with tert-alkyl or cyclic N) is 1. The van der Waals surface area contributed by atoms with E-state index in [2.05, 4.69) is 9.97 Å². The molecule has 0 amide bonds. The Bertz CT molecular complexity index is 537. The number of hydrogen-bond donors (Lipinski definition) is 1. The van der Waals surface area contributed by atoms with Gasteiger partial charge in [0.15, 0.2) is 5.69 Å². The Labute approximate surface area is 120 Å². The summed E-state index contributed by atoms with van der Waals surface area (Å²) in [7, 11) is 0. The lowest BCUT2D eigenvalue weighted by atomic mass is 10.1. The molecule has 0 bridgehead atoms. The number of anilines is 2. The molecule has 0 radical (unpaired) electrons. The van der Waals surface area contributed by atoms with E-state index < -0.39 is 18.0 Å². The van der Waals surface area contributed by atoms with Crippen LogP contribution in [0.25, 0.3) is 0 Å². The highest BCUT2D eigenvalue weighted by atomic mass is 19.4. The van der Waals surface area contributed by atoms with Crippen molar-refractivity contribution in [1.82, 2.24) is 9.97 Å². The third-order valence-electron chi connectivity index (χ3n) is 4.06. The summed E-state index contributed by atoms with van der Waals surface area (Å²) in [5.41, 5.74) is -0.928. The van der Waals surface area contributed by atoms with E-state index in [4.69, 9.17) is 0 Å². The summed E-state index contributed by atoms with van der Waals surface area (Å²) >= 11 is 0. The zero-order valence-corrected chi connectivity index (χ0v) is 11.6. The highest BCUT2D eigenvalue weighted by Crippen LogP contribution is 2.33. The smallest absolute Gasteiger partial charge is 0.391 e. The molecule has 0 aromatic carbocycles. The van der Waals surface area contributed by atoms with E-state index in [9.17, 15) is 18.3 Å². The van der Waals surface area contributed by atoms with Gasteiger partial charge in [-0.2, -0.15) is 18.2 Å². The first-order valence-corrected chi connectivity index (χ1v) is 7.00. The molecule has 116 valence electrons. The minimum absolute atomic E-state index is 0.125. The summed E-state index contributed by atoms with van der Waals surface area (Å²) in [4.78, 5) is 11.4. The monoisotopic (exact) mass is 302 g/mol. The van der Waals surface area contributed by atoms with Crippen molar-refractivity contribution < 1.29 is 18.3 Å². The predicted molar refractivity (Wildman–Crippen MR) is 71.3 cm³/mol. The second-order valence-electron chi connectivity index (χ2n) is 5.63. The molecule has 8 heteroatoms. The molecule has 0 aliphatic carbocycles. The molecule has 2 aliphatic rings. The van der Waals surface area contributed by atoms with Crippen molar-refractivity contribution >= 4 is 11.8 Å². The quantitative estimate of drug-likeness (QED) is 0.900. The van der Waals surface area contributed by atoms with Gasteiger partial charge in [0.05, 0.1) is 6.10 Å². The van der Waals surface area contributed by atoms with Gasteiger partial charge in [0, 0.05) is 31.7 Å². The lowest BCUT2D eigenvalue weighted by Gasteiger charge is -2.39. The standard InChI is InChI=1S/C13H17F3N4O/c1-8-2-5-20(8)12-17-10(13(14,15)16)6-11(18-12)19-4-3-9(21)7-19/h6,8-9,21H,2-5,7H2,1H3/t8?,9-/m0/s1. The summed E-state index contributed by atoms with van der Waals surface area (Å²) in [6.07, 6.45) is -3.54. The molecule has 0 spiro atoms. The van der Waals surface area contributed by atoms with Crippen molar-refractivity contribution in [1.29, 1.82) is 0 Å². The highest BCUT2D eigenvalue weighted by Gasteiger charge is 2.37. The third kappa shape index (κ3) is 2.76. The van der Waals surface area contributed by atoms with Crippen LogP contribution in [0.15, 0.2) is 6.07 Å². The lowest BCUT2D eigenvalue weighted by Crippen LogP contribution is -2.47. The average Bonchev–Trinajstić information content (AvgIpc) is 2.82. The van der Waals surface area contributed by atoms with Gasteiger partial charge in [-0.05, 0) is 19.8 Å². The molecule has 1 aromatic heterocycles. The Morgan fingerprint density at radius 1 is 1.24 bits per heavy atom. The molecule has 2 aliphatic heterocycles.